The average Bonchev–Trinajstić information content (AvgIpc) is 2.49. The van der Waals surface area contributed by atoms with Gasteiger partial charge in [0, 0.05) is 6.08 Å². The van der Waals surface area contributed by atoms with Gasteiger partial charge in [-0.25, -0.2) is 14.4 Å². The van der Waals surface area contributed by atoms with Crippen LogP contribution in [0.5, 0.6) is 0 Å². The van der Waals surface area contributed by atoms with Crippen molar-refractivity contribution in [3.63, 3.8) is 0 Å². The molecule has 0 radical (unpaired) electrons. The Hall–Kier alpha value is -2.37. The van der Waals surface area contributed by atoms with Crippen LogP contribution in [0, 0.1) is 0 Å². The summed E-state index contributed by atoms with van der Waals surface area (Å²) in [6, 6.07) is 0. The fourth-order valence-electron chi connectivity index (χ4n) is 1.58. The molecule has 0 N–H and O–H groups in total. The summed E-state index contributed by atoms with van der Waals surface area (Å²) in [7, 11) is 3.67. The van der Waals surface area contributed by atoms with Crippen molar-refractivity contribution in [2.75, 3.05) is 21.3 Å². The highest BCUT2D eigenvalue weighted by Crippen LogP contribution is 2.23. The molecule has 0 aliphatic rings. The van der Waals surface area contributed by atoms with E-state index in [1.165, 1.54) is 33.5 Å². The summed E-state index contributed by atoms with van der Waals surface area (Å²) >= 11 is 0. The lowest BCUT2D eigenvalue weighted by Gasteiger charge is -2.13. The molecule has 6 heteroatoms. The molecular formula is C15H20O6. The van der Waals surface area contributed by atoms with Crippen molar-refractivity contribution in [3.8, 4) is 0 Å². The fourth-order valence-corrected chi connectivity index (χ4v) is 1.58. The predicted molar refractivity (Wildman–Crippen MR) is 76.3 cm³/mol. The zero-order valence-corrected chi connectivity index (χ0v) is 13.1. The van der Waals surface area contributed by atoms with Crippen molar-refractivity contribution in [1.29, 1.82) is 0 Å². The van der Waals surface area contributed by atoms with Crippen molar-refractivity contribution in [2.24, 2.45) is 0 Å². The third kappa shape index (κ3) is 4.91. The summed E-state index contributed by atoms with van der Waals surface area (Å²) in [6.07, 6.45) is 2.68. The molecule has 0 aliphatic carbocycles. The second kappa shape index (κ2) is 8.73. The number of hydrogen-bond acceptors (Lipinski definition) is 6. The SMILES string of the molecule is C\C=C(C(=O)OC)/C(C(=O)OC)=C(C)/C(C)=C\C(=O)OC. The highest BCUT2D eigenvalue weighted by Gasteiger charge is 2.24. The number of ether oxygens (including phenoxy) is 3. The summed E-state index contributed by atoms with van der Waals surface area (Å²) in [4.78, 5) is 35.0. The van der Waals surface area contributed by atoms with E-state index in [2.05, 4.69) is 9.47 Å². The highest BCUT2D eigenvalue weighted by atomic mass is 16.5. The van der Waals surface area contributed by atoms with Gasteiger partial charge in [-0.05, 0) is 31.9 Å². The number of rotatable bonds is 5. The van der Waals surface area contributed by atoms with Gasteiger partial charge in [0.15, 0.2) is 0 Å². The Morgan fingerprint density at radius 1 is 0.857 bits per heavy atom. The number of esters is 3. The fraction of sp³-hybridized carbons (Fsp3) is 0.400. The average molecular weight is 296 g/mol. The van der Waals surface area contributed by atoms with E-state index in [0.29, 0.717) is 11.1 Å². The Balaban J connectivity index is 6.08. The van der Waals surface area contributed by atoms with Crippen LogP contribution in [0.2, 0.25) is 0 Å². The van der Waals surface area contributed by atoms with Crippen LogP contribution in [0.25, 0.3) is 0 Å². The largest absolute Gasteiger partial charge is 0.466 e. The zero-order chi connectivity index (χ0) is 16.6. The molecule has 116 valence electrons. The van der Waals surface area contributed by atoms with Crippen LogP contribution >= 0.6 is 0 Å². The van der Waals surface area contributed by atoms with E-state index in [-0.39, 0.29) is 11.1 Å². The number of carbonyl (C=O) groups is 3. The molecule has 0 rings (SSSR count). The molecule has 0 heterocycles. The molecular weight excluding hydrogens is 276 g/mol. The third-order valence-corrected chi connectivity index (χ3v) is 2.85. The molecule has 0 fully saturated rings. The minimum atomic E-state index is -0.691. The van der Waals surface area contributed by atoms with Crippen LogP contribution in [0.3, 0.4) is 0 Å². The molecule has 21 heavy (non-hydrogen) atoms. The van der Waals surface area contributed by atoms with Crippen molar-refractivity contribution in [3.05, 3.63) is 34.4 Å². The van der Waals surface area contributed by atoms with Crippen LogP contribution in [-0.4, -0.2) is 39.2 Å². The predicted octanol–water partition coefficient (Wildman–Crippen LogP) is 1.71. The topological polar surface area (TPSA) is 78.9 Å². The highest BCUT2D eigenvalue weighted by molar-refractivity contribution is 6.08. The first-order chi connectivity index (χ1) is 9.83. The van der Waals surface area contributed by atoms with Crippen LogP contribution < -0.4 is 0 Å². The molecule has 0 unspecified atom stereocenters. The smallest absolute Gasteiger partial charge is 0.339 e. The van der Waals surface area contributed by atoms with Crippen LogP contribution in [0.4, 0.5) is 0 Å². The van der Waals surface area contributed by atoms with Crippen molar-refractivity contribution < 1.29 is 28.6 Å². The van der Waals surface area contributed by atoms with E-state index in [4.69, 9.17) is 4.74 Å². The van der Waals surface area contributed by atoms with E-state index in [1.54, 1.807) is 20.8 Å². The maximum Gasteiger partial charge on any atom is 0.339 e. The van der Waals surface area contributed by atoms with E-state index in [0.717, 1.165) is 0 Å². The lowest BCUT2D eigenvalue weighted by molar-refractivity contribution is -0.139. The standard InChI is InChI=1S/C15H20O6/c1-7-11(14(17)20-5)13(15(18)21-6)10(3)9(2)8-12(16)19-4/h7-8H,1-6H3/b9-8-,11-7+,13-10-. The molecule has 0 saturated heterocycles. The van der Waals surface area contributed by atoms with Gasteiger partial charge < -0.3 is 14.2 Å². The Morgan fingerprint density at radius 3 is 1.76 bits per heavy atom. The number of allylic oxidation sites excluding steroid dienone is 3. The monoisotopic (exact) mass is 296 g/mol. The Bertz CT molecular complexity index is 522. The number of carbonyl (C=O) groups excluding carboxylic acids is 3. The first-order valence-electron chi connectivity index (χ1n) is 6.14. The summed E-state index contributed by atoms with van der Waals surface area (Å²) < 4.78 is 13.9. The summed E-state index contributed by atoms with van der Waals surface area (Å²) in [5, 5.41) is 0. The molecule has 0 aromatic rings. The van der Waals surface area contributed by atoms with Crippen LogP contribution in [0.15, 0.2) is 34.4 Å². The molecule has 0 amide bonds. The van der Waals surface area contributed by atoms with Crippen molar-refractivity contribution in [2.45, 2.75) is 20.8 Å². The lowest BCUT2D eigenvalue weighted by atomic mass is 9.95. The van der Waals surface area contributed by atoms with Gasteiger partial charge >= 0.3 is 17.9 Å². The van der Waals surface area contributed by atoms with Gasteiger partial charge in [0.05, 0.1) is 32.5 Å². The third-order valence-electron chi connectivity index (χ3n) is 2.85. The zero-order valence-electron chi connectivity index (χ0n) is 13.1. The van der Waals surface area contributed by atoms with E-state index in [9.17, 15) is 14.4 Å². The van der Waals surface area contributed by atoms with Crippen molar-refractivity contribution in [1.82, 2.24) is 0 Å². The van der Waals surface area contributed by atoms with Crippen molar-refractivity contribution >= 4 is 17.9 Å². The van der Waals surface area contributed by atoms with Gasteiger partial charge in [-0.3, -0.25) is 0 Å². The van der Waals surface area contributed by atoms with E-state index in [1.807, 2.05) is 0 Å². The van der Waals surface area contributed by atoms with Gasteiger partial charge in [-0.1, -0.05) is 6.08 Å². The maximum absolute atomic E-state index is 12.0. The summed E-state index contributed by atoms with van der Waals surface area (Å²) in [5.41, 5.74) is 1.01. The summed E-state index contributed by atoms with van der Waals surface area (Å²) in [6.45, 7) is 4.83. The van der Waals surface area contributed by atoms with Crippen LogP contribution in [-0.2, 0) is 28.6 Å². The molecule has 0 bridgehead atoms. The Labute approximate surface area is 124 Å². The first-order valence-corrected chi connectivity index (χ1v) is 6.14. The quantitative estimate of drug-likeness (QED) is 0.332. The second-order valence-electron chi connectivity index (χ2n) is 4.04. The minimum absolute atomic E-state index is 0.0458. The summed E-state index contributed by atoms with van der Waals surface area (Å²) in [5.74, 6) is -1.91. The molecule has 0 spiro atoms. The molecule has 0 aromatic heterocycles. The Morgan fingerprint density at radius 2 is 1.38 bits per heavy atom. The maximum atomic E-state index is 12.0. The number of hydrogen-bond donors (Lipinski definition) is 0. The first kappa shape index (κ1) is 18.6. The van der Waals surface area contributed by atoms with Crippen LogP contribution in [0.1, 0.15) is 20.8 Å². The van der Waals surface area contributed by atoms with E-state index < -0.39 is 17.9 Å². The molecule has 6 nitrogen and oxygen atoms in total. The van der Waals surface area contributed by atoms with E-state index >= 15 is 0 Å². The van der Waals surface area contributed by atoms with Gasteiger partial charge in [0.2, 0.25) is 0 Å². The Kier molecular flexibility index (Phi) is 7.75. The molecule has 0 atom stereocenters. The minimum Gasteiger partial charge on any atom is -0.466 e. The normalized spacial score (nSPS) is 13.2. The second-order valence-corrected chi connectivity index (χ2v) is 4.04. The molecule has 0 aromatic carbocycles. The van der Waals surface area contributed by atoms with Gasteiger partial charge in [0.25, 0.3) is 0 Å². The van der Waals surface area contributed by atoms with Gasteiger partial charge in [-0.2, -0.15) is 0 Å². The van der Waals surface area contributed by atoms with Gasteiger partial charge in [0.1, 0.15) is 0 Å². The van der Waals surface area contributed by atoms with Gasteiger partial charge in [-0.15, -0.1) is 0 Å². The lowest BCUT2D eigenvalue weighted by Crippen LogP contribution is -2.17. The molecule has 0 aliphatic heterocycles. The molecule has 0 saturated carbocycles. The number of methoxy groups -OCH3 is 3.